The molecule has 1 aliphatic rings. The molecule has 1 aliphatic heterocycles. The van der Waals surface area contributed by atoms with Crippen LogP contribution in [0.15, 0.2) is 12.1 Å². The summed E-state index contributed by atoms with van der Waals surface area (Å²) in [6, 6.07) is 2.97. The van der Waals surface area contributed by atoms with Crippen LogP contribution < -0.4 is 5.73 Å². The molecule has 0 radical (unpaired) electrons. The Balaban J connectivity index is 2.12. The minimum absolute atomic E-state index is 0.231. The third kappa shape index (κ3) is 3.80. The van der Waals surface area contributed by atoms with Gasteiger partial charge in [0.1, 0.15) is 0 Å². The third-order valence-corrected chi connectivity index (χ3v) is 4.42. The minimum Gasteiger partial charge on any atom is -0.397 e. The first-order chi connectivity index (χ1) is 9.82. The highest BCUT2D eigenvalue weighted by Gasteiger charge is 2.32. The molecule has 0 saturated carbocycles. The number of carbonyl (C=O) groups excluding carboxylic acids is 1. The number of nitrogens with two attached hydrogens (primary N) is 1. The summed E-state index contributed by atoms with van der Waals surface area (Å²) in [5.74, 6) is -0.264. The quantitative estimate of drug-likeness (QED) is 0.832. The number of anilines is 1. The standard InChI is InChI=1S/C14H18Cl2N2O3/c1-18(8-14(20)2-4-21-5-3-14)13(19)9-6-10(15)12(16)11(17)7-9/h6-7,20H,2-5,8,17H2,1H3. The first kappa shape index (κ1) is 16.4. The minimum atomic E-state index is -0.912. The van der Waals surface area contributed by atoms with Crippen molar-refractivity contribution in [3.63, 3.8) is 0 Å². The summed E-state index contributed by atoms with van der Waals surface area (Å²) in [7, 11) is 1.63. The molecule has 5 nitrogen and oxygen atoms in total. The van der Waals surface area contributed by atoms with E-state index in [4.69, 9.17) is 33.7 Å². The Morgan fingerprint density at radius 3 is 2.62 bits per heavy atom. The zero-order chi connectivity index (χ0) is 15.6. The van der Waals surface area contributed by atoms with Crippen LogP contribution in [0.1, 0.15) is 23.2 Å². The first-order valence-corrected chi connectivity index (χ1v) is 7.38. The maximum Gasteiger partial charge on any atom is 0.253 e. The summed E-state index contributed by atoms with van der Waals surface area (Å²) in [5, 5.41) is 10.9. The highest BCUT2D eigenvalue weighted by molar-refractivity contribution is 6.43. The summed E-state index contributed by atoms with van der Waals surface area (Å²) >= 11 is 11.8. The lowest BCUT2D eigenvalue weighted by atomic mass is 9.93. The first-order valence-electron chi connectivity index (χ1n) is 6.62. The number of benzene rings is 1. The highest BCUT2D eigenvalue weighted by Crippen LogP contribution is 2.30. The van der Waals surface area contributed by atoms with Gasteiger partial charge in [-0.3, -0.25) is 4.79 Å². The zero-order valence-electron chi connectivity index (χ0n) is 11.7. The molecule has 0 aromatic heterocycles. The van der Waals surface area contributed by atoms with E-state index in [0.29, 0.717) is 31.6 Å². The van der Waals surface area contributed by atoms with Crippen molar-refractivity contribution in [3.8, 4) is 0 Å². The molecule has 1 heterocycles. The van der Waals surface area contributed by atoms with Crippen LogP contribution in [0.25, 0.3) is 0 Å². The topological polar surface area (TPSA) is 75.8 Å². The van der Waals surface area contributed by atoms with Crippen molar-refractivity contribution in [2.75, 3.05) is 32.5 Å². The predicted octanol–water partition coefficient (Wildman–Crippen LogP) is 2.19. The van der Waals surface area contributed by atoms with E-state index in [0.717, 1.165) is 0 Å². The molecule has 21 heavy (non-hydrogen) atoms. The molecular formula is C14H18Cl2N2O3. The third-order valence-electron chi connectivity index (χ3n) is 3.61. The monoisotopic (exact) mass is 332 g/mol. The Hall–Kier alpha value is -1.01. The van der Waals surface area contributed by atoms with Gasteiger partial charge < -0.3 is 20.5 Å². The lowest BCUT2D eigenvalue weighted by Gasteiger charge is -2.35. The van der Waals surface area contributed by atoms with Gasteiger partial charge in [-0.25, -0.2) is 0 Å². The van der Waals surface area contributed by atoms with E-state index in [1.54, 1.807) is 7.05 Å². The summed E-state index contributed by atoms with van der Waals surface area (Å²) in [4.78, 5) is 13.9. The molecule has 3 N–H and O–H groups in total. The number of nitrogen functional groups attached to an aromatic ring is 1. The number of ether oxygens (including phenoxy) is 1. The van der Waals surface area contributed by atoms with Crippen molar-refractivity contribution in [1.29, 1.82) is 0 Å². The maximum atomic E-state index is 12.4. The van der Waals surface area contributed by atoms with Gasteiger partial charge in [0, 0.05) is 45.2 Å². The number of likely N-dealkylation sites (N-methyl/N-ethyl adjacent to an activating group) is 1. The molecule has 1 saturated heterocycles. The van der Waals surface area contributed by atoms with Crippen LogP contribution in [0, 0.1) is 0 Å². The number of rotatable bonds is 3. The summed E-state index contributed by atoms with van der Waals surface area (Å²) in [6.07, 6.45) is 1.02. The molecule has 7 heteroatoms. The van der Waals surface area contributed by atoms with Crippen LogP contribution in [0.3, 0.4) is 0 Å². The van der Waals surface area contributed by atoms with E-state index >= 15 is 0 Å². The summed E-state index contributed by atoms with van der Waals surface area (Å²) in [6.45, 7) is 1.23. The van der Waals surface area contributed by atoms with E-state index in [1.807, 2.05) is 0 Å². The fourth-order valence-electron chi connectivity index (χ4n) is 2.38. The number of halogens is 2. The smallest absolute Gasteiger partial charge is 0.253 e. The summed E-state index contributed by atoms with van der Waals surface area (Å²) < 4.78 is 5.22. The van der Waals surface area contributed by atoms with Crippen molar-refractivity contribution >= 4 is 34.8 Å². The van der Waals surface area contributed by atoms with Crippen molar-refractivity contribution in [1.82, 2.24) is 4.90 Å². The van der Waals surface area contributed by atoms with Gasteiger partial charge in [-0.05, 0) is 12.1 Å². The number of nitrogens with zero attached hydrogens (tertiary/aromatic N) is 1. The van der Waals surface area contributed by atoms with Gasteiger partial charge in [0.2, 0.25) is 0 Å². The van der Waals surface area contributed by atoms with Crippen molar-refractivity contribution in [3.05, 3.63) is 27.7 Å². The van der Waals surface area contributed by atoms with Gasteiger partial charge in [-0.2, -0.15) is 0 Å². The predicted molar refractivity (Wildman–Crippen MR) is 82.8 cm³/mol. The lowest BCUT2D eigenvalue weighted by Crippen LogP contribution is -2.47. The Bertz CT molecular complexity index is 522. The van der Waals surface area contributed by atoms with Gasteiger partial charge in [0.25, 0.3) is 5.91 Å². The van der Waals surface area contributed by atoms with E-state index in [9.17, 15) is 9.90 Å². The summed E-state index contributed by atoms with van der Waals surface area (Å²) in [5.41, 5.74) is 5.41. The number of aliphatic hydroxyl groups is 1. The second-order valence-electron chi connectivity index (χ2n) is 5.36. The van der Waals surface area contributed by atoms with Crippen LogP contribution >= 0.6 is 23.2 Å². The number of amides is 1. The van der Waals surface area contributed by atoms with Crippen molar-refractivity contribution < 1.29 is 14.6 Å². The number of carbonyl (C=O) groups is 1. The Morgan fingerprint density at radius 1 is 1.43 bits per heavy atom. The Morgan fingerprint density at radius 2 is 2.05 bits per heavy atom. The molecule has 0 atom stereocenters. The highest BCUT2D eigenvalue weighted by atomic mass is 35.5. The van der Waals surface area contributed by atoms with Gasteiger partial charge in [0.15, 0.2) is 0 Å². The molecule has 0 aliphatic carbocycles. The second-order valence-corrected chi connectivity index (χ2v) is 6.14. The SMILES string of the molecule is CN(CC1(O)CCOCC1)C(=O)c1cc(N)c(Cl)c(Cl)c1. The molecule has 1 aromatic rings. The second kappa shape index (κ2) is 6.40. The van der Waals surface area contributed by atoms with E-state index < -0.39 is 5.60 Å². The maximum absolute atomic E-state index is 12.4. The molecule has 2 rings (SSSR count). The van der Waals surface area contributed by atoms with E-state index in [2.05, 4.69) is 0 Å². The van der Waals surface area contributed by atoms with Gasteiger partial charge >= 0.3 is 0 Å². The molecular weight excluding hydrogens is 315 g/mol. The van der Waals surface area contributed by atoms with Gasteiger partial charge in [-0.1, -0.05) is 23.2 Å². The fraction of sp³-hybridized carbons (Fsp3) is 0.500. The molecule has 1 fully saturated rings. The number of hydrogen-bond acceptors (Lipinski definition) is 4. The van der Waals surface area contributed by atoms with E-state index in [-0.39, 0.29) is 28.2 Å². The molecule has 1 aromatic carbocycles. The van der Waals surface area contributed by atoms with Gasteiger partial charge in [0.05, 0.1) is 21.3 Å². The van der Waals surface area contributed by atoms with Crippen LogP contribution in [-0.2, 0) is 4.74 Å². The van der Waals surface area contributed by atoms with Crippen molar-refractivity contribution in [2.45, 2.75) is 18.4 Å². The van der Waals surface area contributed by atoms with Crippen molar-refractivity contribution in [2.24, 2.45) is 0 Å². The Kier molecular flexibility index (Phi) is 4.99. The van der Waals surface area contributed by atoms with Crippen LogP contribution in [0.5, 0.6) is 0 Å². The van der Waals surface area contributed by atoms with Crippen LogP contribution in [-0.4, -0.2) is 48.3 Å². The molecule has 116 valence electrons. The average molecular weight is 333 g/mol. The number of hydrogen-bond donors (Lipinski definition) is 2. The normalized spacial score (nSPS) is 17.5. The lowest BCUT2D eigenvalue weighted by molar-refractivity contribution is -0.0734. The molecule has 0 bridgehead atoms. The fourth-order valence-corrected chi connectivity index (χ4v) is 2.71. The zero-order valence-corrected chi connectivity index (χ0v) is 13.2. The largest absolute Gasteiger partial charge is 0.397 e. The van der Waals surface area contributed by atoms with Crippen LogP contribution in [0.2, 0.25) is 10.0 Å². The Labute approximate surface area is 133 Å². The van der Waals surface area contributed by atoms with Gasteiger partial charge in [-0.15, -0.1) is 0 Å². The molecule has 0 spiro atoms. The molecule has 1 amide bonds. The average Bonchev–Trinajstić information content (AvgIpc) is 2.43. The molecule has 0 unspecified atom stereocenters. The van der Waals surface area contributed by atoms with E-state index in [1.165, 1.54) is 17.0 Å². The van der Waals surface area contributed by atoms with Crippen LogP contribution in [0.4, 0.5) is 5.69 Å².